The van der Waals surface area contributed by atoms with Crippen molar-refractivity contribution in [3.05, 3.63) is 53.2 Å². The Morgan fingerprint density at radius 1 is 1.11 bits per heavy atom. The Morgan fingerprint density at radius 2 is 1.83 bits per heavy atom. The summed E-state index contributed by atoms with van der Waals surface area (Å²) in [7, 11) is 0. The largest absolute Gasteiger partial charge is 0.416 e. The first-order valence-corrected chi connectivity index (χ1v) is 5.41. The van der Waals surface area contributed by atoms with Gasteiger partial charge in [0.05, 0.1) is 17.5 Å². The maximum Gasteiger partial charge on any atom is 0.416 e. The molecule has 18 heavy (non-hydrogen) atoms. The SMILES string of the molecule is Cc1[c]nc(-c2cccc(C(F)(F)F)c2)cc1C. The smallest absolute Gasteiger partial charge is 0.246 e. The minimum absolute atomic E-state index is 0.448. The summed E-state index contributed by atoms with van der Waals surface area (Å²) in [5.41, 5.74) is 2.14. The van der Waals surface area contributed by atoms with Crippen molar-refractivity contribution in [1.29, 1.82) is 0 Å². The summed E-state index contributed by atoms with van der Waals surface area (Å²) in [6, 6.07) is 6.91. The summed E-state index contributed by atoms with van der Waals surface area (Å²) in [5.74, 6) is 0. The Morgan fingerprint density at radius 3 is 2.44 bits per heavy atom. The first-order valence-electron chi connectivity index (χ1n) is 5.41. The molecule has 1 aromatic heterocycles. The number of halogens is 3. The summed E-state index contributed by atoms with van der Waals surface area (Å²) in [4.78, 5) is 4.04. The van der Waals surface area contributed by atoms with E-state index in [0.29, 0.717) is 11.3 Å². The van der Waals surface area contributed by atoms with Gasteiger partial charge in [-0.2, -0.15) is 13.2 Å². The number of nitrogens with zero attached hydrogens (tertiary/aromatic N) is 1. The van der Waals surface area contributed by atoms with Gasteiger partial charge in [0.25, 0.3) is 0 Å². The van der Waals surface area contributed by atoms with Crippen molar-refractivity contribution in [2.45, 2.75) is 20.0 Å². The third kappa shape index (κ3) is 2.53. The van der Waals surface area contributed by atoms with Crippen LogP contribution in [0.3, 0.4) is 0 Å². The molecule has 0 aliphatic heterocycles. The van der Waals surface area contributed by atoms with E-state index in [1.807, 2.05) is 13.8 Å². The second kappa shape index (κ2) is 4.44. The van der Waals surface area contributed by atoms with Gasteiger partial charge >= 0.3 is 6.18 Å². The summed E-state index contributed by atoms with van der Waals surface area (Å²) >= 11 is 0. The van der Waals surface area contributed by atoms with Gasteiger partial charge in [-0.3, -0.25) is 0 Å². The van der Waals surface area contributed by atoms with Crippen LogP contribution in [0.25, 0.3) is 11.3 Å². The molecule has 0 spiro atoms. The van der Waals surface area contributed by atoms with Crippen LogP contribution in [-0.2, 0) is 6.18 Å². The maximum atomic E-state index is 12.6. The number of benzene rings is 1. The number of hydrogen-bond donors (Lipinski definition) is 0. The first-order chi connectivity index (χ1) is 8.38. The lowest BCUT2D eigenvalue weighted by Gasteiger charge is -2.09. The Labute approximate surface area is 103 Å². The molecular formula is C14H11F3N. The van der Waals surface area contributed by atoms with E-state index in [4.69, 9.17) is 0 Å². The molecule has 0 atom stereocenters. The van der Waals surface area contributed by atoms with Crippen molar-refractivity contribution < 1.29 is 13.2 Å². The predicted molar refractivity (Wildman–Crippen MR) is 63.0 cm³/mol. The molecule has 0 N–H and O–H groups in total. The molecule has 0 fully saturated rings. The molecule has 0 aliphatic rings. The maximum absolute atomic E-state index is 12.6. The lowest BCUT2D eigenvalue weighted by Crippen LogP contribution is -2.04. The lowest BCUT2D eigenvalue weighted by molar-refractivity contribution is -0.137. The van der Waals surface area contributed by atoms with Crippen LogP contribution in [0, 0.1) is 20.0 Å². The van der Waals surface area contributed by atoms with Crippen molar-refractivity contribution >= 4 is 0 Å². The van der Waals surface area contributed by atoms with E-state index in [1.165, 1.54) is 6.07 Å². The van der Waals surface area contributed by atoms with Crippen LogP contribution >= 0.6 is 0 Å². The molecule has 0 aliphatic carbocycles. The molecule has 2 aromatic rings. The second-order valence-corrected chi connectivity index (χ2v) is 4.14. The molecule has 1 radical (unpaired) electrons. The summed E-state index contributed by atoms with van der Waals surface area (Å²) in [6.45, 7) is 3.74. The normalized spacial score (nSPS) is 11.6. The van der Waals surface area contributed by atoms with Gasteiger partial charge in [-0.1, -0.05) is 12.1 Å². The van der Waals surface area contributed by atoms with Crippen LogP contribution in [0.2, 0.25) is 0 Å². The molecule has 0 unspecified atom stereocenters. The minimum Gasteiger partial charge on any atom is -0.246 e. The van der Waals surface area contributed by atoms with Crippen molar-refractivity contribution in [2.75, 3.05) is 0 Å². The monoisotopic (exact) mass is 250 g/mol. The molecular weight excluding hydrogens is 239 g/mol. The van der Waals surface area contributed by atoms with E-state index in [9.17, 15) is 13.2 Å². The van der Waals surface area contributed by atoms with Crippen LogP contribution in [-0.4, -0.2) is 4.98 Å². The van der Waals surface area contributed by atoms with Gasteiger partial charge in [0.15, 0.2) is 0 Å². The topological polar surface area (TPSA) is 12.9 Å². The van der Waals surface area contributed by atoms with E-state index >= 15 is 0 Å². The molecule has 0 saturated carbocycles. The number of rotatable bonds is 1. The standard InChI is InChI=1S/C14H11F3N/c1-9-6-13(18-8-10(9)2)11-4-3-5-12(7-11)14(15,16)17/h3-7H,1-2H3. The Kier molecular flexibility index (Phi) is 3.11. The lowest BCUT2D eigenvalue weighted by atomic mass is 10.0. The van der Waals surface area contributed by atoms with Gasteiger partial charge in [0.2, 0.25) is 0 Å². The van der Waals surface area contributed by atoms with Crippen LogP contribution in [0.5, 0.6) is 0 Å². The van der Waals surface area contributed by atoms with Gasteiger partial charge in [-0.25, -0.2) is 4.98 Å². The van der Waals surface area contributed by atoms with Gasteiger partial charge in [-0.15, -0.1) is 0 Å². The molecule has 2 rings (SSSR count). The number of aryl methyl sites for hydroxylation is 2. The summed E-state index contributed by atoms with van der Waals surface area (Å²) < 4.78 is 37.8. The average Bonchev–Trinajstić information content (AvgIpc) is 2.32. The Hall–Kier alpha value is -1.84. The van der Waals surface area contributed by atoms with Crippen molar-refractivity contribution in [1.82, 2.24) is 4.98 Å². The van der Waals surface area contributed by atoms with Crippen LogP contribution < -0.4 is 0 Å². The number of aromatic nitrogens is 1. The van der Waals surface area contributed by atoms with Crippen molar-refractivity contribution in [3.63, 3.8) is 0 Å². The molecule has 1 heterocycles. The fourth-order valence-corrected chi connectivity index (χ4v) is 1.58. The molecule has 93 valence electrons. The van der Waals surface area contributed by atoms with E-state index in [1.54, 1.807) is 12.1 Å². The highest BCUT2D eigenvalue weighted by molar-refractivity contribution is 5.61. The minimum atomic E-state index is -4.33. The highest BCUT2D eigenvalue weighted by atomic mass is 19.4. The molecule has 1 aromatic carbocycles. The molecule has 1 nitrogen and oxygen atoms in total. The Balaban J connectivity index is 2.48. The summed E-state index contributed by atoms with van der Waals surface area (Å²) in [6.07, 6.45) is -1.54. The van der Waals surface area contributed by atoms with Gasteiger partial charge in [0, 0.05) is 5.56 Å². The van der Waals surface area contributed by atoms with Gasteiger partial charge in [0.1, 0.15) is 0 Å². The molecule has 4 heteroatoms. The van der Waals surface area contributed by atoms with E-state index in [0.717, 1.165) is 23.3 Å². The second-order valence-electron chi connectivity index (χ2n) is 4.14. The van der Waals surface area contributed by atoms with Crippen LogP contribution in [0.4, 0.5) is 13.2 Å². The quantitative estimate of drug-likeness (QED) is 0.739. The number of hydrogen-bond acceptors (Lipinski definition) is 1. The Bertz CT molecular complexity index is 573. The zero-order valence-corrected chi connectivity index (χ0v) is 9.97. The highest BCUT2D eigenvalue weighted by Gasteiger charge is 2.30. The van der Waals surface area contributed by atoms with Crippen LogP contribution in [0.15, 0.2) is 30.3 Å². The van der Waals surface area contributed by atoms with Crippen LogP contribution in [0.1, 0.15) is 16.7 Å². The number of alkyl halides is 3. The highest BCUT2D eigenvalue weighted by Crippen LogP contribution is 2.31. The first kappa shape index (κ1) is 12.6. The third-order valence-electron chi connectivity index (χ3n) is 2.77. The zero-order valence-electron chi connectivity index (χ0n) is 9.97. The fraction of sp³-hybridized carbons (Fsp3) is 0.214. The summed E-state index contributed by atoms with van der Waals surface area (Å²) in [5, 5.41) is 0. The van der Waals surface area contributed by atoms with Crippen molar-refractivity contribution in [2.24, 2.45) is 0 Å². The third-order valence-corrected chi connectivity index (χ3v) is 2.77. The van der Waals surface area contributed by atoms with Gasteiger partial charge < -0.3 is 0 Å². The average molecular weight is 250 g/mol. The van der Waals surface area contributed by atoms with E-state index < -0.39 is 11.7 Å². The van der Waals surface area contributed by atoms with Crippen molar-refractivity contribution in [3.8, 4) is 11.3 Å². The van der Waals surface area contributed by atoms with Gasteiger partial charge in [-0.05, 0) is 43.2 Å². The fourth-order valence-electron chi connectivity index (χ4n) is 1.58. The predicted octanol–water partition coefficient (Wildman–Crippen LogP) is 4.18. The molecule has 0 bridgehead atoms. The molecule has 0 amide bonds. The molecule has 0 saturated heterocycles. The zero-order chi connectivity index (χ0) is 13.3. The number of pyridine rings is 1. The van der Waals surface area contributed by atoms with E-state index in [2.05, 4.69) is 11.2 Å². The van der Waals surface area contributed by atoms with E-state index in [-0.39, 0.29) is 0 Å².